The second-order valence-corrected chi connectivity index (χ2v) is 5.43. The molecule has 0 aliphatic heterocycles. The number of nitrogens with one attached hydrogen (secondary N) is 1. The summed E-state index contributed by atoms with van der Waals surface area (Å²) >= 11 is 0. The van der Waals surface area contributed by atoms with Gasteiger partial charge in [0.2, 0.25) is 0 Å². The molecule has 126 valence electrons. The number of nitro benzene ring substituents is 1. The van der Waals surface area contributed by atoms with E-state index in [-0.39, 0.29) is 18.0 Å². The van der Waals surface area contributed by atoms with Gasteiger partial charge in [0.15, 0.2) is 0 Å². The molecule has 0 spiro atoms. The van der Waals surface area contributed by atoms with E-state index in [4.69, 9.17) is 5.11 Å². The van der Waals surface area contributed by atoms with Gasteiger partial charge in [-0.1, -0.05) is 19.3 Å². The molecule has 0 saturated heterocycles. The molecule has 0 aliphatic carbocycles. The van der Waals surface area contributed by atoms with Crippen molar-refractivity contribution in [1.82, 2.24) is 5.32 Å². The summed E-state index contributed by atoms with van der Waals surface area (Å²) in [6.07, 6.45) is 4.46. The zero-order valence-corrected chi connectivity index (χ0v) is 13.2. The Morgan fingerprint density at radius 2 is 1.83 bits per heavy atom. The molecule has 1 rings (SSSR count). The molecule has 0 bridgehead atoms. The number of carbonyl (C=O) groups excluding carboxylic acids is 1. The SMILES string of the molecule is Cc1cc(C(=O)NCCCCCCCC(=O)O)ccc1[N+](=O)[O-]. The van der Waals surface area contributed by atoms with Crippen molar-refractivity contribution in [2.75, 3.05) is 6.54 Å². The fourth-order valence-electron chi connectivity index (χ4n) is 2.24. The topological polar surface area (TPSA) is 110 Å². The number of carboxylic acids is 1. The highest BCUT2D eigenvalue weighted by molar-refractivity contribution is 5.94. The fourth-order valence-corrected chi connectivity index (χ4v) is 2.24. The largest absolute Gasteiger partial charge is 0.481 e. The van der Waals surface area contributed by atoms with E-state index in [0.29, 0.717) is 24.1 Å². The molecule has 0 saturated carbocycles. The van der Waals surface area contributed by atoms with Gasteiger partial charge >= 0.3 is 5.97 Å². The van der Waals surface area contributed by atoms with E-state index in [0.717, 1.165) is 25.7 Å². The molecular weight excluding hydrogens is 300 g/mol. The van der Waals surface area contributed by atoms with Crippen molar-refractivity contribution in [3.63, 3.8) is 0 Å². The lowest BCUT2D eigenvalue weighted by Crippen LogP contribution is -2.24. The third-order valence-electron chi connectivity index (χ3n) is 3.51. The minimum atomic E-state index is -0.768. The molecule has 23 heavy (non-hydrogen) atoms. The number of hydrogen-bond acceptors (Lipinski definition) is 4. The molecule has 0 aromatic heterocycles. The third kappa shape index (κ3) is 6.90. The molecule has 2 N–H and O–H groups in total. The number of amides is 1. The predicted molar refractivity (Wildman–Crippen MR) is 85.5 cm³/mol. The molecule has 7 heteroatoms. The predicted octanol–water partition coefficient (Wildman–Crippen LogP) is 3.06. The van der Waals surface area contributed by atoms with Crippen molar-refractivity contribution in [3.8, 4) is 0 Å². The summed E-state index contributed by atoms with van der Waals surface area (Å²) in [6, 6.07) is 4.30. The van der Waals surface area contributed by atoms with Crippen LogP contribution >= 0.6 is 0 Å². The summed E-state index contributed by atoms with van der Waals surface area (Å²) in [6.45, 7) is 2.14. The van der Waals surface area contributed by atoms with E-state index in [1.54, 1.807) is 6.92 Å². The normalized spacial score (nSPS) is 10.3. The Morgan fingerprint density at radius 3 is 2.43 bits per heavy atom. The molecule has 1 amide bonds. The molecule has 0 atom stereocenters. The maximum atomic E-state index is 11.9. The number of nitrogens with zero attached hydrogens (tertiary/aromatic N) is 1. The van der Waals surface area contributed by atoms with Crippen LogP contribution in [-0.2, 0) is 4.79 Å². The standard InChI is InChI=1S/C16H22N2O5/c1-12-11-13(8-9-14(12)18(22)23)16(21)17-10-6-4-2-3-5-7-15(19)20/h8-9,11H,2-7,10H2,1H3,(H,17,21)(H,19,20). The van der Waals surface area contributed by atoms with Crippen molar-refractivity contribution in [3.05, 3.63) is 39.4 Å². The summed E-state index contributed by atoms with van der Waals surface area (Å²) in [5.41, 5.74) is 0.874. The van der Waals surface area contributed by atoms with Gasteiger partial charge in [0, 0.05) is 30.2 Å². The van der Waals surface area contributed by atoms with Gasteiger partial charge in [-0.3, -0.25) is 19.7 Å². The van der Waals surface area contributed by atoms with Gasteiger partial charge in [-0.05, 0) is 31.9 Å². The number of carbonyl (C=O) groups is 2. The van der Waals surface area contributed by atoms with Crippen LogP contribution in [0, 0.1) is 17.0 Å². The van der Waals surface area contributed by atoms with Crippen LogP contribution in [0.2, 0.25) is 0 Å². The number of benzene rings is 1. The monoisotopic (exact) mass is 322 g/mol. The van der Waals surface area contributed by atoms with E-state index in [1.165, 1.54) is 18.2 Å². The van der Waals surface area contributed by atoms with E-state index in [2.05, 4.69) is 5.32 Å². The molecule has 0 aliphatic rings. The first-order valence-corrected chi connectivity index (χ1v) is 7.67. The van der Waals surface area contributed by atoms with Gasteiger partial charge in [-0.2, -0.15) is 0 Å². The zero-order valence-electron chi connectivity index (χ0n) is 13.2. The Balaban J connectivity index is 2.25. The van der Waals surface area contributed by atoms with Crippen LogP contribution in [0.15, 0.2) is 18.2 Å². The number of aryl methyl sites for hydroxylation is 1. The maximum Gasteiger partial charge on any atom is 0.303 e. The Labute approximate surface area is 134 Å². The first kappa shape index (κ1) is 18.6. The smallest absolute Gasteiger partial charge is 0.303 e. The van der Waals surface area contributed by atoms with Crippen molar-refractivity contribution in [2.45, 2.75) is 45.4 Å². The lowest BCUT2D eigenvalue weighted by atomic mass is 10.1. The van der Waals surface area contributed by atoms with Crippen LogP contribution in [0.5, 0.6) is 0 Å². The highest BCUT2D eigenvalue weighted by atomic mass is 16.6. The van der Waals surface area contributed by atoms with Crippen molar-refractivity contribution >= 4 is 17.6 Å². The summed E-state index contributed by atoms with van der Waals surface area (Å²) in [4.78, 5) is 32.5. The van der Waals surface area contributed by atoms with Crippen LogP contribution in [0.25, 0.3) is 0 Å². The Hall–Kier alpha value is -2.44. The first-order chi connectivity index (χ1) is 10.9. The molecule has 0 fully saturated rings. The van der Waals surface area contributed by atoms with Crippen LogP contribution in [0.1, 0.15) is 54.4 Å². The van der Waals surface area contributed by atoms with Gasteiger partial charge in [-0.25, -0.2) is 0 Å². The van der Waals surface area contributed by atoms with Crippen molar-refractivity contribution < 1.29 is 19.6 Å². The van der Waals surface area contributed by atoms with Gasteiger partial charge in [0.25, 0.3) is 11.6 Å². The Kier molecular flexibility index (Phi) is 7.73. The van der Waals surface area contributed by atoms with E-state index >= 15 is 0 Å². The van der Waals surface area contributed by atoms with Gasteiger partial charge in [-0.15, -0.1) is 0 Å². The summed E-state index contributed by atoms with van der Waals surface area (Å²) in [5, 5.41) is 22.0. The average Bonchev–Trinajstić information content (AvgIpc) is 2.48. The fraction of sp³-hybridized carbons (Fsp3) is 0.500. The molecule has 7 nitrogen and oxygen atoms in total. The molecule has 1 aromatic carbocycles. The van der Waals surface area contributed by atoms with Crippen LogP contribution in [0.3, 0.4) is 0 Å². The molecule has 0 unspecified atom stereocenters. The molecule has 1 aromatic rings. The number of carboxylic acid groups (broad SMARTS) is 1. The highest BCUT2D eigenvalue weighted by Gasteiger charge is 2.13. The van der Waals surface area contributed by atoms with Crippen molar-refractivity contribution in [2.24, 2.45) is 0 Å². The summed E-state index contributed by atoms with van der Waals surface area (Å²) in [7, 11) is 0. The first-order valence-electron chi connectivity index (χ1n) is 7.67. The highest BCUT2D eigenvalue weighted by Crippen LogP contribution is 2.18. The third-order valence-corrected chi connectivity index (χ3v) is 3.51. The minimum Gasteiger partial charge on any atom is -0.481 e. The minimum absolute atomic E-state index is 0.00270. The zero-order chi connectivity index (χ0) is 17.2. The quantitative estimate of drug-likeness (QED) is 0.391. The van der Waals surface area contributed by atoms with E-state index < -0.39 is 10.9 Å². The van der Waals surface area contributed by atoms with Gasteiger partial charge < -0.3 is 10.4 Å². The second kappa shape index (κ2) is 9.55. The van der Waals surface area contributed by atoms with E-state index in [9.17, 15) is 19.7 Å². The summed E-state index contributed by atoms with van der Waals surface area (Å²) < 4.78 is 0. The maximum absolute atomic E-state index is 11.9. The summed E-state index contributed by atoms with van der Waals surface area (Å²) in [5.74, 6) is -1.01. The number of aliphatic carboxylic acids is 1. The lowest BCUT2D eigenvalue weighted by Gasteiger charge is -2.06. The van der Waals surface area contributed by atoms with Crippen LogP contribution < -0.4 is 5.32 Å². The second-order valence-electron chi connectivity index (χ2n) is 5.43. The van der Waals surface area contributed by atoms with Gasteiger partial charge in [0.1, 0.15) is 0 Å². The molecule has 0 heterocycles. The van der Waals surface area contributed by atoms with E-state index in [1.807, 2.05) is 0 Å². The Bertz CT molecular complexity index is 572. The lowest BCUT2D eigenvalue weighted by molar-refractivity contribution is -0.385. The number of hydrogen-bond donors (Lipinski definition) is 2. The Morgan fingerprint density at radius 1 is 1.17 bits per heavy atom. The van der Waals surface area contributed by atoms with Crippen molar-refractivity contribution in [1.29, 1.82) is 0 Å². The number of unbranched alkanes of at least 4 members (excludes halogenated alkanes) is 4. The average molecular weight is 322 g/mol. The molecule has 0 radical (unpaired) electrons. The van der Waals surface area contributed by atoms with Crippen LogP contribution in [0.4, 0.5) is 5.69 Å². The van der Waals surface area contributed by atoms with Crippen LogP contribution in [-0.4, -0.2) is 28.5 Å². The number of nitro groups is 1. The molecular formula is C16H22N2O5. The van der Waals surface area contributed by atoms with Gasteiger partial charge in [0.05, 0.1) is 4.92 Å². The number of rotatable bonds is 10.